The van der Waals surface area contributed by atoms with Crippen LogP contribution in [0.25, 0.3) is 0 Å². The molecule has 0 amide bonds. The van der Waals surface area contributed by atoms with Gasteiger partial charge in [0.1, 0.15) is 5.75 Å². The number of aliphatic hydroxyl groups is 1. The van der Waals surface area contributed by atoms with Gasteiger partial charge in [0.2, 0.25) is 11.8 Å². The van der Waals surface area contributed by atoms with E-state index in [0.29, 0.717) is 24.3 Å². The van der Waals surface area contributed by atoms with Crippen molar-refractivity contribution in [3.8, 4) is 11.6 Å². The third-order valence-electron chi connectivity index (χ3n) is 3.16. The minimum atomic E-state index is 0.0572. The van der Waals surface area contributed by atoms with E-state index in [1.807, 2.05) is 19.2 Å². The highest BCUT2D eigenvalue weighted by atomic mass is 16.5. The van der Waals surface area contributed by atoms with Crippen molar-refractivity contribution in [1.82, 2.24) is 9.97 Å². The van der Waals surface area contributed by atoms with Crippen LogP contribution in [-0.4, -0.2) is 35.3 Å². The van der Waals surface area contributed by atoms with E-state index in [9.17, 15) is 0 Å². The molecule has 1 aromatic carbocycles. The summed E-state index contributed by atoms with van der Waals surface area (Å²) >= 11 is 0. The van der Waals surface area contributed by atoms with Gasteiger partial charge in [0.05, 0.1) is 6.61 Å². The van der Waals surface area contributed by atoms with E-state index in [2.05, 4.69) is 35.9 Å². The molecule has 5 heteroatoms. The maximum Gasteiger partial charge on any atom is 0.228 e. The molecule has 0 atom stereocenters. The molecule has 1 aromatic heterocycles. The quantitative estimate of drug-likeness (QED) is 0.885. The molecule has 0 fully saturated rings. The minimum absolute atomic E-state index is 0.0572. The van der Waals surface area contributed by atoms with Crippen LogP contribution in [0.3, 0.4) is 0 Å². The molecule has 0 saturated heterocycles. The number of ether oxygens (including phenoxy) is 1. The Bertz CT molecular complexity index is 570. The standard InChI is InChI=1S/C16H21N3O2/c1-12(2)13-4-6-14(7-5-13)21-15-8-9-17-16(18-15)19(3)10-11-20/h4-9,12,20H,10-11H2,1-3H3. The number of likely N-dealkylation sites (N-methyl/N-ethyl adjacent to an activating group) is 1. The van der Waals surface area contributed by atoms with Gasteiger partial charge in [-0.2, -0.15) is 4.98 Å². The first-order chi connectivity index (χ1) is 10.1. The van der Waals surface area contributed by atoms with Crippen molar-refractivity contribution in [1.29, 1.82) is 0 Å². The lowest BCUT2D eigenvalue weighted by atomic mass is 10.0. The molecule has 0 bridgehead atoms. The molecule has 5 nitrogen and oxygen atoms in total. The van der Waals surface area contributed by atoms with E-state index in [4.69, 9.17) is 9.84 Å². The summed E-state index contributed by atoms with van der Waals surface area (Å²) in [5, 5.41) is 8.94. The number of hydrogen-bond acceptors (Lipinski definition) is 5. The molecule has 2 aromatic rings. The molecule has 0 radical (unpaired) electrons. The lowest BCUT2D eigenvalue weighted by Crippen LogP contribution is -2.23. The number of aromatic nitrogens is 2. The molecular formula is C16H21N3O2. The van der Waals surface area contributed by atoms with Crippen LogP contribution in [-0.2, 0) is 0 Å². The van der Waals surface area contributed by atoms with Crippen LogP contribution in [0, 0.1) is 0 Å². The van der Waals surface area contributed by atoms with Crippen LogP contribution in [0.1, 0.15) is 25.3 Å². The summed E-state index contributed by atoms with van der Waals surface area (Å²) < 4.78 is 5.74. The van der Waals surface area contributed by atoms with E-state index >= 15 is 0 Å². The molecule has 2 rings (SSSR count). The van der Waals surface area contributed by atoms with Gasteiger partial charge in [0, 0.05) is 25.9 Å². The number of nitrogens with zero attached hydrogens (tertiary/aromatic N) is 3. The Balaban J connectivity index is 2.10. The molecule has 21 heavy (non-hydrogen) atoms. The molecule has 0 saturated carbocycles. The summed E-state index contributed by atoms with van der Waals surface area (Å²) in [6.45, 7) is 4.85. The van der Waals surface area contributed by atoms with Gasteiger partial charge in [0.25, 0.3) is 0 Å². The highest BCUT2D eigenvalue weighted by Crippen LogP contribution is 2.23. The van der Waals surface area contributed by atoms with Crippen molar-refractivity contribution in [2.75, 3.05) is 25.1 Å². The van der Waals surface area contributed by atoms with Crippen molar-refractivity contribution in [2.45, 2.75) is 19.8 Å². The Kier molecular flexibility index (Phi) is 5.11. The largest absolute Gasteiger partial charge is 0.439 e. The van der Waals surface area contributed by atoms with Gasteiger partial charge in [-0.15, -0.1) is 0 Å². The second kappa shape index (κ2) is 7.04. The first-order valence-electron chi connectivity index (χ1n) is 7.03. The normalized spacial score (nSPS) is 10.7. The van der Waals surface area contributed by atoms with E-state index in [1.165, 1.54) is 5.56 Å². The summed E-state index contributed by atoms with van der Waals surface area (Å²) in [4.78, 5) is 10.3. The van der Waals surface area contributed by atoms with Crippen LogP contribution in [0.2, 0.25) is 0 Å². The number of anilines is 1. The summed E-state index contributed by atoms with van der Waals surface area (Å²) in [6, 6.07) is 9.70. The fraction of sp³-hybridized carbons (Fsp3) is 0.375. The molecule has 1 heterocycles. The predicted molar refractivity (Wildman–Crippen MR) is 83.0 cm³/mol. The SMILES string of the molecule is CC(C)c1ccc(Oc2ccnc(N(C)CCO)n2)cc1. The number of aliphatic hydroxyl groups excluding tert-OH is 1. The van der Waals surface area contributed by atoms with Crippen molar-refractivity contribution >= 4 is 5.95 Å². The first kappa shape index (κ1) is 15.3. The van der Waals surface area contributed by atoms with Gasteiger partial charge in [-0.05, 0) is 23.6 Å². The van der Waals surface area contributed by atoms with Crippen molar-refractivity contribution in [2.24, 2.45) is 0 Å². The van der Waals surface area contributed by atoms with Crippen LogP contribution >= 0.6 is 0 Å². The predicted octanol–water partition coefficient (Wildman–Crippen LogP) is 2.82. The van der Waals surface area contributed by atoms with E-state index < -0.39 is 0 Å². The molecule has 112 valence electrons. The van der Waals surface area contributed by atoms with E-state index in [-0.39, 0.29) is 6.61 Å². The van der Waals surface area contributed by atoms with Crippen molar-refractivity contribution in [3.63, 3.8) is 0 Å². The fourth-order valence-electron chi connectivity index (χ4n) is 1.86. The van der Waals surface area contributed by atoms with Gasteiger partial charge in [-0.25, -0.2) is 4.98 Å². The Morgan fingerprint density at radius 1 is 1.19 bits per heavy atom. The fourth-order valence-corrected chi connectivity index (χ4v) is 1.86. The monoisotopic (exact) mass is 287 g/mol. The summed E-state index contributed by atoms with van der Waals surface area (Å²) in [6.07, 6.45) is 1.65. The summed E-state index contributed by atoms with van der Waals surface area (Å²) in [5.41, 5.74) is 1.27. The molecule has 0 aliphatic heterocycles. The Morgan fingerprint density at radius 3 is 2.52 bits per heavy atom. The Hall–Kier alpha value is -2.14. The highest BCUT2D eigenvalue weighted by molar-refractivity contribution is 5.34. The highest BCUT2D eigenvalue weighted by Gasteiger charge is 2.06. The third-order valence-corrected chi connectivity index (χ3v) is 3.16. The van der Waals surface area contributed by atoms with Crippen LogP contribution in [0.5, 0.6) is 11.6 Å². The molecule has 0 spiro atoms. The Morgan fingerprint density at radius 2 is 1.90 bits per heavy atom. The third kappa shape index (κ3) is 4.16. The van der Waals surface area contributed by atoms with E-state index in [1.54, 1.807) is 17.2 Å². The zero-order valence-electron chi connectivity index (χ0n) is 12.7. The van der Waals surface area contributed by atoms with E-state index in [0.717, 1.165) is 5.75 Å². The second-order valence-corrected chi connectivity index (χ2v) is 5.17. The van der Waals surface area contributed by atoms with Crippen LogP contribution in [0.4, 0.5) is 5.95 Å². The molecule has 0 aliphatic carbocycles. The van der Waals surface area contributed by atoms with Gasteiger partial charge < -0.3 is 14.7 Å². The molecule has 0 aliphatic rings. The second-order valence-electron chi connectivity index (χ2n) is 5.17. The summed E-state index contributed by atoms with van der Waals surface area (Å²) in [5.74, 6) is 2.26. The molecule has 1 N–H and O–H groups in total. The molecular weight excluding hydrogens is 266 g/mol. The average molecular weight is 287 g/mol. The van der Waals surface area contributed by atoms with Gasteiger partial charge in [0.15, 0.2) is 0 Å². The maximum atomic E-state index is 8.94. The lowest BCUT2D eigenvalue weighted by molar-refractivity contribution is 0.303. The maximum absolute atomic E-state index is 8.94. The number of rotatable bonds is 6. The number of benzene rings is 1. The zero-order chi connectivity index (χ0) is 15.2. The van der Waals surface area contributed by atoms with Gasteiger partial charge >= 0.3 is 0 Å². The van der Waals surface area contributed by atoms with Crippen molar-refractivity contribution in [3.05, 3.63) is 42.1 Å². The lowest BCUT2D eigenvalue weighted by Gasteiger charge is -2.15. The smallest absolute Gasteiger partial charge is 0.228 e. The van der Waals surface area contributed by atoms with Crippen LogP contribution < -0.4 is 9.64 Å². The molecule has 0 unspecified atom stereocenters. The minimum Gasteiger partial charge on any atom is -0.439 e. The first-order valence-corrected chi connectivity index (χ1v) is 7.03. The van der Waals surface area contributed by atoms with Gasteiger partial charge in [-0.1, -0.05) is 26.0 Å². The zero-order valence-corrected chi connectivity index (χ0v) is 12.7. The number of hydrogen-bond donors (Lipinski definition) is 1. The van der Waals surface area contributed by atoms with Gasteiger partial charge in [-0.3, -0.25) is 0 Å². The topological polar surface area (TPSA) is 58.5 Å². The van der Waals surface area contributed by atoms with Crippen LogP contribution in [0.15, 0.2) is 36.5 Å². The average Bonchev–Trinajstić information content (AvgIpc) is 2.48. The summed E-state index contributed by atoms with van der Waals surface area (Å²) in [7, 11) is 1.83. The van der Waals surface area contributed by atoms with Crippen molar-refractivity contribution < 1.29 is 9.84 Å². The Labute approximate surface area is 125 Å².